The second kappa shape index (κ2) is 10.7. The number of aryl methyl sites for hydroxylation is 2. The van der Waals surface area contributed by atoms with Crippen molar-refractivity contribution in [3.63, 3.8) is 0 Å². The third-order valence-corrected chi connectivity index (χ3v) is 7.28. The number of pyridine rings is 1. The minimum Gasteiger partial charge on any atom is -0.328 e. The lowest BCUT2D eigenvalue weighted by Crippen LogP contribution is -2.43. The first-order valence-electron chi connectivity index (χ1n) is 12.5. The van der Waals surface area contributed by atoms with E-state index in [1.807, 2.05) is 19.1 Å². The highest BCUT2D eigenvalue weighted by Crippen LogP contribution is 2.30. The number of alkyl halides is 1. The summed E-state index contributed by atoms with van der Waals surface area (Å²) in [6.45, 7) is 4.69. The zero-order valence-corrected chi connectivity index (χ0v) is 23.3. The van der Waals surface area contributed by atoms with E-state index in [-0.39, 0.29) is 43.2 Å². The van der Waals surface area contributed by atoms with E-state index < -0.39 is 18.1 Å². The van der Waals surface area contributed by atoms with Gasteiger partial charge in [-0.05, 0) is 65.2 Å². The van der Waals surface area contributed by atoms with Crippen molar-refractivity contribution in [3.8, 4) is 11.1 Å². The van der Waals surface area contributed by atoms with Gasteiger partial charge in [0.05, 0.1) is 24.5 Å². The molecule has 5 rings (SSSR count). The van der Waals surface area contributed by atoms with E-state index in [2.05, 4.69) is 36.0 Å². The first-order chi connectivity index (χ1) is 18.6. The first kappa shape index (κ1) is 26.7. The van der Waals surface area contributed by atoms with E-state index in [1.54, 1.807) is 37.5 Å². The number of nitrogens with zero attached hydrogens (tertiary/aromatic N) is 6. The number of hydrogen-bond acceptors (Lipinski definition) is 7. The fourth-order valence-corrected chi connectivity index (χ4v) is 5.42. The standard InChI is InChI=1S/C28H26BrFN6O3/c1-15-7-18(19-11-31-17(3)32-12-19)8-22-27(16(2)37)34-36(28(15)22)14-26(39)35-13-20(30)9-23(35)24(38)10-21-5-4-6-25(29)33-21/h4-8,11-12,20,23H,9-10,13-14H2,1-3H3/t20-,23+/m1/s1. The molecule has 1 fully saturated rings. The van der Waals surface area contributed by atoms with Crippen molar-refractivity contribution in [1.82, 2.24) is 29.6 Å². The number of benzene rings is 1. The van der Waals surface area contributed by atoms with Crippen LogP contribution < -0.4 is 0 Å². The quantitative estimate of drug-likeness (QED) is 0.233. The van der Waals surface area contributed by atoms with Crippen molar-refractivity contribution >= 4 is 44.3 Å². The number of ketones is 2. The molecule has 11 heteroatoms. The van der Waals surface area contributed by atoms with Crippen molar-refractivity contribution in [2.45, 2.75) is 52.4 Å². The third-order valence-electron chi connectivity index (χ3n) is 6.84. The maximum atomic E-state index is 14.5. The number of Topliss-reactive ketones (excluding diaryl/α,β-unsaturated/α-hetero) is 2. The molecule has 4 aromatic rings. The molecule has 3 aromatic heterocycles. The SMILES string of the molecule is CC(=O)c1nn(CC(=O)N2C[C@H](F)C[C@H]2C(=O)Cc2cccc(Br)n2)c2c(C)cc(-c3cnc(C)nc3)cc12. The fraction of sp³-hybridized carbons (Fsp3) is 0.321. The molecule has 1 aliphatic rings. The lowest BCUT2D eigenvalue weighted by molar-refractivity contribution is -0.138. The molecule has 0 radical (unpaired) electrons. The van der Waals surface area contributed by atoms with Gasteiger partial charge in [0, 0.05) is 42.4 Å². The molecule has 0 N–H and O–H groups in total. The molecule has 4 heterocycles. The average molecular weight is 593 g/mol. The van der Waals surface area contributed by atoms with Gasteiger partial charge in [-0.1, -0.05) is 6.07 Å². The van der Waals surface area contributed by atoms with Crippen LogP contribution in [0.5, 0.6) is 0 Å². The molecule has 1 saturated heterocycles. The van der Waals surface area contributed by atoms with Gasteiger partial charge in [-0.15, -0.1) is 0 Å². The molecule has 1 amide bonds. The van der Waals surface area contributed by atoms with E-state index in [4.69, 9.17) is 0 Å². The van der Waals surface area contributed by atoms with Crippen molar-refractivity contribution in [2.75, 3.05) is 6.54 Å². The summed E-state index contributed by atoms with van der Waals surface area (Å²) < 4.78 is 16.6. The molecule has 2 atom stereocenters. The summed E-state index contributed by atoms with van der Waals surface area (Å²) in [5, 5.41) is 5.07. The summed E-state index contributed by atoms with van der Waals surface area (Å²) in [6.07, 6.45) is 2.06. The predicted molar refractivity (Wildman–Crippen MR) is 146 cm³/mol. The molecule has 39 heavy (non-hydrogen) atoms. The molecule has 0 aliphatic carbocycles. The lowest BCUT2D eigenvalue weighted by atomic mass is 10.0. The van der Waals surface area contributed by atoms with Crippen LogP contribution in [0, 0.1) is 13.8 Å². The smallest absolute Gasteiger partial charge is 0.245 e. The van der Waals surface area contributed by atoms with Gasteiger partial charge >= 0.3 is 0 Å². The van der Waals surface area contributed by atoms with Gasteiger partial charge in [0.2, 0.25) is 5.91 Å². The van der Waals surface area contributed by atoms with Gasteiger partial charge in [0.25, 0.3) is 0 Å². The molecule has 200 valence electrons. The van der Waals surface area contributed by atoms with Crippen LogP contribution in [-0.2, 0) is 22.6 Å². The van der Waals surface area contributed by atoms with Gasteiger partial charge in [0.1, 0.15) is 28.8 Å². The molecule has 1 aliphatic heterocycles. The fourth-order valence-electron chi connectivity index (χ4n) is 5.04. The Labute approximate surface area is 232 Å². The van der Waals surface area contributed by atoms with Gasteiger partial charge in [-0.2, -0.15) is 5.10 Å². The van der Waals surface area contributed by atoms with Gasteiger partial charge in [-0.3, -0.25) is 19.1 Å². The first-order valence-corrected chi connectivity index (χ1v) is 13.3. The zero-order valence-electron chi connectivity index (χ0n) is 21.7. The highest BCUT2D eigenvalue weighted by atomic mass is 79.9. The number of carbonyl (C=O) groups excluding carboxylic acids is 3. The Kier molecular flexibility index (Phi) is 7.35. The van der Waals surface area contributed by atoms with Crippen LogP contribution in [0.2, 0.25) is 0 Å². The average Bonchev–Trinajstić information content (AvgIpc) is 3.45. The van der Waals surface area contributed by atoms with E-state index in [9.17, 15) is 18.8 Å². The number of halogens is 2. The number of aromatic nitrogens is 5. The molecule has 0 saturated carbocycles. The topological polar surface area (TPSA) is 111 Å². The van der Waals surface area contributed by atoms with Crippen molar-refractivity contribution in [1.29, 1.82) is 0 Å². The van der Waals surface area contributed by atoms with Gasteiger partial charge in [-0.25, -0.2) is 19.3 Å². The number of likely N-dealkylation sites (tertiary alicyclic amines) is 1. The Morgan fingerprint density at radius 1 is 1.10 bits per heavy atom. The van der Waals surface area contributed by atoms with E-state index in [0.717, 1.165) is 16.7 Å². The summed E-state index contributed by atoms with van der Waals surface area (Å²) >= 11 is 3.29. The van der Waals surface area contributed by atoms with Crippen LogP contribution in [0.25, 0.3) is 22.0 Å². The number of rotatable bonds is 7. The van der Waals surface area contributed by atoms with E-state index in [0.29, 0.717) is 27.0 Å². The Balaban J connectivity index is 1.44. The minimum absolute atomic E-state index is 0.00952. The predicted octanol–water partition coefficient (Wildman–Crippen LogP) is 4.22. The van der Waals surface area contributed by atoms with Crippen LogP contribution in [0.15, 0.2) is 47.3 Å². The zero-order chi connectivity index (χ0) is 27.8. The second-order valence-electron chi connectivity index (χ2n) is 9.76. The largest absolute Gasteiger partial charge is 0.328 e. The van der Waals surface area contributed by atoms with Crippen LogP contribution >= 0.6 is 15.9 Å². The molecule has 0 spiro atoms. The van der Waals surface area contributed by atoms with Crippen LogP contribution in [-0.4, -0.2) is 65.9 Å². The third kappa shape index (κ3) is 5.49. The Hall–Kier alpha value is -3.86. The van der Waals surface area contributed by atoms with Crippen LogP contribution in [0.3, 0.4) is 0 Å². The lowest BCUT2D eigenvalue weighted by Gasteiger charge is -2.23. The molecular formula is C28H26BrFN6O3. The molecule has 1 aromatic carbocycles. The highest BCUT2D eigenvalue weighted by Gasteiger charge is 2.39. The van der Waals surface area contributed by atoms with Crippen LogP contribution in [0.4, 0.5) is 4.39 Å². The Bertz CT molecular complexity index is 1600. The normalized spacial score (nSPS) is 17.1. The Morgan fingerprint density at radius 3 is 2.54 bits per heavy atom. The monoisotopic (exact) mass is 592 g/mol. The summed E-state index contributed by atoms with van der Waals surface area (Å²) in [7, 11) is 0. The maximum Gasteiger partial charge on any atom is 0.245 e. The minimum atomic E-state index is -1.30. The molecule has 0 bridgehead atoms. The van der Waals surface area contributed by atoms with Gasteiger partial charge < -0.3 is 4.90 Å². The van der Waals surface area contributed by atoms with Crippen molar-refractivity contribution in [2.24, 2.45) is 0 Å². The Morgan fingerprint density at radius 2 is 1.85 bits per heavy atom. The summed E-state index contributed by atoms with van der Waals surface area (Å²) in [4.78, 5) is 53.1. The number of amides is 1. The van der Waals surface area contributed by atoms with E-state index >= 15 is 0 Å². The number of carbonyl (C=O) groups is 3. The summed E-state index contributed by atoms with van der Waals surface area (Å²) in [6, 6.07) is 8.11. The molecule has 9 nitrogen and oxygen atoms in total. The number of hydrogen-bond donors (Lipinski definition) is 0. The van der Waals surface area contributed by atoms with Gasteiger partial charge in [0.15, 0.2) is 11.6 Å². The number of fused-ring (bicyclic) bond motifs is 1. The van der Waals surface area contributed by atoms with E-state index in [1.165, 1.54) is 16.5 Å². The van der Waals surface area contributed by atoms with Crippen molar-refractivity contribution in [3.05, 3.63) is 70.1 Å². The highest BCUT2D eigenvalue weighted by molar-refractivity contribution is 9.10. The second-order valence-corrected chi connectivity index (χ2v) is 10.6. The summed E-state index contributed by atoms with van der Waals surface area (Å²) in [5.74, 6) is -0.312. The summed E-state index contributed by atoms with van der Waals surface area (Å²) in [5.41, 5.74) is 3.81. The maximum absolute atomic E-state index is 14.5. The van der Waals surface area contributed by atoms with Crippen molar-refractivity contribution < 1.29 is 18.8 Å². The van der Waals surface area contributed by atoms with Crippen LogP contribution in [0.1, 0.15) is 40.9 Å². The molecular weight excluding hydrogens is 567 g/mol. The molecule has 0 unspecified atom stereocenters.